The van der Waals surface area contributed by atoms with E-state index in [0.29, 0.717) is 12.2 Å². The van der Waals surface area contributed by atoms with Crippen LogP contribution in [-0.2, 0) is 26.1 Å². The molecular formula is C24H24N2O5S. The molecule has 0 aliphatic heterocycles. The molecule has 166 valence electrons. The number of anilines is 1. The number of nitrogens with one attached hydrogen (secondary N) is 1. The molecule has 7 nitrogen and oxygen atoms in total. The van der Waals surface area contributed by atoms with Gasteiger partial charge in [-0.05, 0) is 42.8 Å². The zero-order valence-corrected chi connectivity index (χ0v) is 18.4. The molecule has 3 aromatic carbocycles. The predicted molar refractivity (Wildman–Crippen MR) is 122 cm³/mol. The third-order valence-electron chi connectivity index (χ3n) is 4.58. The molecule has 0 aliphatic carbocycles. The Balaban J connectivity index is 1.90. The van der Waals surface area contributed by atoms with Crippen LogP contribution < -0.4 is 9.62 Å². The Kier molecular flexibility index (Phi) is 7.62. The summed E-state index contributed by atoms with van der Waals surface area (Å²) >= 11 is 0. The van der Waals surface area contributed by atoms with Crippen molar-refractivity contribution in [2.24, 2.45) is 0 Å². The number of carbonyl (C=O) groups excluding carboxylic acids is 2. The molecular weight excluding hydrogens is 428 g/mol. The van der Waals surface area contributed by atoms with Gasteiger partial charge < -0.3 is 10.1 Å². The van der Waals surface area contributed by atoms with Gasteiger partial charge in [-0.25, -0.2) is 13.2 Å². The first-order chi connectivity index (χ1) is 15.4. The van der Waals surface area contributed by atoms with Gasteiger partial charge in [0.25, 0.3) is 15.9 Å². The van der Waals surface area contributed by atoms with Gasteiger partial charge in [-0.15, -0.1) is 0 Å². The van der Waals surface area contributed by atoms with Crippen molar-refractivity contribution in [3.63, 3.8) is 0 Å². The molecule has 0 atom stereocenters. The number of hydrogen-bond donors (Lipinski definition) is 1. The Hall–Kier alpha value is -3.65. The van der Waals surface area contributed by atoms with Crippen LogP contribution in [0.3, 0.4) is 0 Å². The molecule has 1 amide bonds. The summed E-state index contributed by atoms with van der Waals surface area (Å²) in [5.41, 5.74) is 1.36. The van der Waals surface area contributed by atoms with Gasteiger partial charge in [0.05, 0.1) is 22.7 Å². The van der Waals surface area contributed by atoms with Crippen LogP contribution >= 0.6 is 0 Å². The second kappa shape index (κ2) is 10.6. The van der Waals surface area contributed by atoms with Crippen molar-refractivity contribution in [2.75, 3.05) is 17.5 Å². The largest absolute Gasteiger partial charge is 0.452 e. The summed E-state index contributed by atoms with van der Waals surface area (Å²) in [6.07, 6.45) is 0. The number of amides is 1. The van der Waals surface area contributed by atoms with Crippen molar-refractivity contribution in [3.05, 3.63) is 96.1 Å². The smallest absolute Gasteiger partial charge is 0.338 e. The van der Waals surface area contributed by atoms with Gasteiger partial charge in [-0.3, -0.25) is 9.10 Å². The SMILES string of the molecule is CCNC(=O)COC(=O)c1cccc(S(=O)(=O)N(Cc2ccccc2)c2ccccc2)c1. The van der Waals surface area contributed by atoms with Gasteiger partial charge in [-0.1, -0.05) is 54.6 Å². The minimum absolute atomic E-state index is 0.0445. The highest BCUT2D eigenvalue weighted by molar-refractivity contribution is 7.92. The summed E-state index contributed by atoms with van der Waals surface area (Å²) in [5, 5.41) is 2.53. The van der Waals surface area contributed by atoms with Crippen molar-refractivity contribution in [2.45, 2.75) is 18.4 Å². The number of esters is 1. The third-order valence-corrected chi connectivity index (χ3v) is 6.35. The number of ether oxygens (including phenoxy) is 1. The average Bonchev–Trinajstić information content (AvgIpc) is 2.82. The minimum Gasteiger partial charge on any atom is -0.452 e. The van der Waals surface area contributed by atoms with Gasteiger partial charge in [0.15, 0.2) is 6.61 Å². The number of para-hydroxylation sites is 1. The van der Waals surface area contributed by atoms with Gasteiger partial charge in [0.1, 0.15) is 0 Å². The Morgan fingerprint density at radius 2 is 1.56 bits per heavy atom. The molecule has 3 rings (SSSR count). The number of benzene rings is 3. The summed E-state index contributed by atoms with van der Waals surface area (Å²) in [5.74, 6) is -1.20. The van der Waals surface area contributed by atoms with E-state index < -0.39 is 28.5 Å². The Morgan fingerprint density at radius 1 is 0.906 bits per heavy atom. The van der Waals surface area contributed by atoms with Crippen LogP contribution in [0.1, 0.15) is 22.8 Å². The van der Waals surface area contributed by atoms with Crippen LogP contribution in [0.25, 0.3) is 0 Å². The highest BCUT2D eigenvalue weighted by Crippen LogP contribution is 2.26. The third kappa shape index (κ3) is 5.73. The highest BCUT2D eigenvalue weighted by Gasteiger charge is 2.26. The topological polar surface area (TPSA) is 92.8 Å². The summed E-state index contributed by atoms with van der Waals surface area (Å²) in [4.78, 5) is 23.8. The lowest BCUT2D eigenvalue weighted by molar-refractivity contribution is -0.124. The maximum Gasteiger partial charge on any atom is 0.338 e. The summed E-state index contributed by atoms with van der Waals surface area (Å²) in [7, 11) is -4.00. The van der Waals surface area contributed by atoms with Gasteiger partial charge in [0, 0.05) is 6.54 Å². The maximum absolute atomic E-state index is 13.6. The quantitative estimate of drug-likeness (QED) is 0.503. The second-order valence-corrected chi connectivity index (χ2v) is 8.75. The highest BCUT2D eigenvalue weighted by atomic mass is 32.2. The molecule has 0 spiro atoms. The van der Waals surface area contributed by atoms with Crippen LogP contribution in [0, 0.1) is 0 Å². The van der Waals surface area contributed by atoms with Crippen molar-refractivity contribution in [1.82, 2.24) is 5.32 Å². The van der Waals surface area contributed by atoms with Crippen LogP contribution in [0.2, 0.25) is 0 Å². The van der Waals surface area contributed by atoms with E-state index in [0.717, 1.165) is 5.56 Å². The number of likely N-dealkylation sites (N-methyl/N-ethyl adjacent to an activating group) is 1. The fourth-order valence-corrected chi connectivity index (χ4v) is 4.53. The Bertz CT molecular complexity index is 1170. The van der Waals surface area contributed by atoms with Crippen molar-refractivity contribution < 1.29 is 22.7 Å². The molecule has 0 fully saturated rings. The number of sulfonamides is 1. The van der Waals surface area contributed by atoms with E-state index in [1.807, 2.05) is 36.4 Å². The molecule has 32 heavy (non-hydrogen) atoms. The van der Waals surface area contributed by atoms with Crippen LogP contribution in [-0.4, -0.2) is 33.4 Å². The molecule has 0 aliphatic rings. The number of carbonyl (C=O) groups is 2. The van der Waals surface area contributed by atoms with E-state index in [1.165, 1.54) is 28.6 Å². The normalized spacial score (nSPS) is 10.9. The number of rotatable bonds is 9. The molecule has 1 N–H and O–H groups in total. The van der Waals surface area contributed by atoms with Gasteiger partial charge in [0.2, 0.25) is 0 Å². The zero-order chi connectivity index (χ0) is 23.0. The van der Waals surface area contributed by atoms with E-state index in [4.69, 9.17) is 4.74 Å². The van der Waals surface area contributed by atoms with E-state index in [2.05, 4.69) is 5.32 Å². The molecule has 8 heteroatoms. The molecule has 0 saturated carbocycles. The predicted octanol–water partition coefficient (Wildman–Crippen LogP) is 3.38. The lowest BCUT2D eigenvalue weighted by Gasteiger charge is -2.25. The van der Waals surface area contributed by atoms with Crippen molar-refractivity contribution >= 4 is 27.6 Å². The summed E-state index contributed by atoms with van der Waals surface area (Å²) < 4.78 is 33.4. The molecule has 0 unspecified atom stereocenters. The fraction of sp³-hybridized carbons (Fsp3) is 0.167. The summed E-state index contributed by atoms with van der Waals surface area (Å²) in [6.45, 7) is 1.86. The first kappa shape index (κ1) is 23.0. The lowest BCUT2D eigenvalue weighted by atomic mass is 10.2. The molecule has 0 bridgehead atoms. The maximum atomic E-state index is 13.6. The first-order valence-electron chi connectivity index (χ1n) is 10.1. The molecule has 3 aromatic rings. The standard InChI is InChI=1S/C24H24N2O5S/c1-2-25-23(27)18-31-24(28)20-12-9-15-22(16-20)32(29,30)26(21-13-7-4-8-14-21)17-19-10-5-3-6-11-19/h3-16H,2,17-18H2,1H3,(H,25,27). The number of nitrogens with zero attached hydrogens (tertiary/aromatic N) is 1. The van der Waals surface area contributed by atoms with Gasteiger partial charge >= 0.3 is 5.97 Å². The minimum atomic E-state index is -4.00. The van der Waals surface area contributed by atoms with Crippen molar-refractivity contribution in [3.8, 4) is 0 Å². The molecule has 0 radical (unpaired) electrons. The van der Waals surface area contributed by atoms with E-state index in [9.17, 15) is 18.0 Å². The summed E-state index contributed by atoms with van der Waals surface area (Å²) in [6, 6.07) is 23.6. The fourth-order valence-electron chi connectivity index (χ4n) is 3.03. The second-order valence-electron chi connectivity index (χ2n) is 6.89. The van der Waals surface area contributed by atoms with E-state index in [1.54, 1.807) is 31.2 Å². The van der Waals surface area contributed by atoms with E-state index >= 15 is 0 Å². The molecule has 0 heterocycles. The van der Waals surface area contributed by atoms with Crippen LogP contribution in [0.5, 0.6) is 0 Å². The number of hydrogen-bond acceptors (Lipinski definition) is 5. The Morgan fingerprint density at radius 3 is 2.22 bits per heavy atom. The lowest BCUT2D eigenvalue weighted by Crippen LogP contribution is -2.31. The van der Waals surface area contributed by atoms with Crippen LogP contribution in [0.4, 0.5) is 5.69 Å². The molecule has 0 aromatic heterocycles. The first-order valence-corrected chi connectivity index (χ1v) is 11.5. The van der Waals surface area contributed by atoms with Crippen LogP contribution in [0.15, 0.2) is 89.8 Å². The van der Waals surface area contributed by atoms with Crippen molar-refractivity contribution in [1.29, 1.82) is 0 Å². The van der Waals surface area contributed by atoms with Gasteiger partial charge in [-0.2, -0.15) is 0 Å². The Labute approximate surface area is 187 Å². The molecule has 0 saturated heterocycles. The monoisotopic (exact) mass is 452 g/mol. The van der Waals surface area contributed by atoms with E-state index in [-0.39, 0.29) is 17.0 Å². The average molecular weight is 453 g/mol. The zero-order valence-electron chi connectivity index (χ0n) is 17.6.